The molecule has 24 heavy (non-hydrogen) atoms. The molecule has 1 saturated heterocycles. The smallest absolute Gasteiger partial charge is 0.378 e. The van der Waals surface area contributed by atoms with E-state index in [4.69, 9.17) is 4.74 Å². The molecule has 0 spiro atoms. The van der Waals surface area contributed by atoms with Crippen LogP contribution in [0.2, 0.25) is 0 Å². The lowest BCUT2D eigenvalue weighted by atomic mass is 10.0. The predicted molar refractivity (Wildman–Crippen MR) is 78.1 cm³/mol. The minimum Gasteiger partial charge on any atom is -0.378 e. The Kier molecular flexibility index (Phi) is 5.43. The summed E-state index contributed by atoms with van der Waals surface area (Å²) in [5.74, 6) is -1.37. The van der Waals surface area contributed by atoms with Crippen LogP contribution in [-0.4, -0.2) is 41.2 Å². The number of nitrogens with zero attached hydrogens (tertiary/aromatic N) is 2. The molecule has 0 saturated carbocycles. The highest BCUT2D eigenvalue weighted by molar-refractivity contribution is 5.80. The first-order valence-electron chi connectivity index (χ1n) is 7.38. The summed E-state index contributed by atoms with van der Waals surface area (Å²) in [5.41, 5.74) is -0.250. The molecule has 1 aromatic rings. The van der Waals surface area contributed by atoms with E-state index in [0.717, 1.165) is 0 Å². The Bertz CT molecular complexity index is 621. The van der Waals surface area contributed by atoms with Crippen LogP contribution in [0.4, 0.5) is 18.9 Å². The van der Waals surface area contributed by atoms with Gasteiger partial charge in [0.25, 0.3) is 5.69 Å². The number of hydrogen-bond donors (Lipinski definition) is 0. The van der Waals surface area contributed by atoms with Gasteiger partial charge in [0.15, 0.2) is 0 Å². The summed E-state index contributed by atoms with van der Waals surface area (Å²) >= 11 is 0. The Labute approximate surface area is 136 Å². The first-order chi connectivity index (χ1) is 11.2. The van der Waals surface area contributed by atoms with Gasteiger partial charge in [0.2, 0.25) is 5.91 Å². The topological polar surface area (TPSA) is 72.7 Å². The SMILES string of the molecule is C[C@H]1OCC[C@H]1C(=O)N(Cc1ccccc1[N+](=O)[O-])CC(F)(F)F. The van der Waals surface area contributed by atoms with E-state index in [0.29, 0.717) is 17.9 Å². The molecule has 0 N–H and O–H groups in total. The lowest BCUT2D eigenvalue weighted by molar-refractivity contribution is -0.385. The minimum absolute atomic E-state index is 0.0617. The summed E-state index contributed by atoms with van der Waals surface area (Å²) in [6, 6.07) is 5.46. The highest BCUT2D eigenvalue weighted by Gasteiger charge is 2.39. The molecule has 9 heteroatoms. The molecule has 1 aliphatic heterocycles. The molecular formula is C15H17F3N2O4. The maximum atomic E-state index is 12.9. The summed E-state index contributed by atoms with van der Waals surface area (Å²) < 4.78 is 43.8. The number of nitro groups is 1. The van der Waals surface area contributed by atoms with Crippen LogP contribution in [-0.2, 0) is 16.1 Å². The molecular weight excluding hydrogens is 329 g/mol. The van der Waals surface area contributed by atoms with E-state index >= 15 is 0 Å². The van der Waals surface area contributed by atoms with Gasteiger partial charge >= 0.3 is 6.18 Å². The second-order valence-corrected chi connectivity index (χ2v) is 5.67. The van der Waals surface area contributed by atoms with Crippen molar-refractivity contribution in [2.45, 2.75) is 32.2 Å². The van der Waals surface area contributed by atoms with Crippen molar-refractivity contribution < 1.29 is 27.6 Å². The van der Waals surface area contributed by atoms with Crippen molar-refractivity contribution in [1.82, 2.24) is 4.90 Å². The number of halogens is 3. The molecule has 0 bridgehead atoms. The number of carbonyl (C=O) groups excluding carboxylic acids is 1. The molecule has 1 amide bonds. The molecule has 1 aliphatic rings. The van der Waals surface area contributed by atoms with Gasteiger partial charge in [0.1, 0.15) is 6.54 Å². The van der Waals surface area contributed by atoms with Crippen LogP contribution in [0.1, 0.15) is 18.9 Å². The number of rotatable bonds is 5. The fraction of sp³-hybridized carbons (Fsp3) is 0.533. The number of alkyl halides is 3. The summed E-state index contributed by atoms with van der Waals surface area (Å²) in [6.45, 7) is 0.00897. The minimum atomic E-state index is -4.60. The molecule has 2 atom stereocenters. The normalized spacial score (nSPS) is 20.8. The van der Waals surface area contributed by atoms with Crippen LogP contribution in [0.25, 0.3) is 0 Å². The quantitative estimate of drug-likeness (QED) is 0.607. The Balaban J connectivity index is 2.27. The average molecular weight is 346 g/mol. The zero-order valence-electron chi connectivity index (χ0n) is 13.0. The summed E-state index contributed by atoms with van der Waals surface area (Å²) in [7, 11) is 0. The predicted octanol–water partition coefficient (Wildman–Crippen LogP) is 2.91. The molecule has 1 fully saturated rings. The van der Waals surface area contributed by atoms with E-state index in [2.05, 4.69) is 0 Å². The van der Waals surface area contributed by atoms with Crippen molar-refractivity contribution >= 4 is 11.6 Å². The van der Waals surface area contributed by atoms with Gasteiger partial charge in [-0.1, -0.05) is 18.2 Å². The van der Waals surface area contributed by atoms with Crippen LogP contribution >= 0.6 is 0 Å². The second-order valence-electron chi connectivity index (χ2n) is 5.67. The van der Waals surface area contributed by atoms with Crippen molar-refractivity contribution in [2.75, 3.05) is 13.2 Å². The van der Waals surface area contributed by atoms with Gasteiger partial charge in [-0.05, 0) is 13.3 Å². The first kappa shape index (κ1) is 18.2. The van der Waals surface area contributed by atoms with E-state index in [9.17, 15) is 28.1 Å². The van der Waals surface area contributed by atoms with Gasteiger partial charge in [-0.25, -0.2) is 0 Å². The molecule has 1 aromatic carbocycles. The van der Waals surface area contributed by atoms with Gasteiger partial charge in [-0.3, -0.25) is 14.9 Å². The van der Waals surface area contributed by atoms with Gasteiger partial charge in [0.05, 0.1) is 23.5 Å². The Morgan fingerprint density at radius 1 is 1.42 bits per heavy atom. The third kappa shape index (κ3) is 4.44. The lowest BCUT2D eigenvalue weighted by Crippen LogP contribution is -2.43. The van der Waals surface area contributed by atoms with Gasteiger partial charge in [-0.15, -0.1) is 0 Å². The molecule has 132 valence electrons. The summed E-state index contributed by atoms with van der Waals surface area (Å²) in [5, 5.41) is 11.0. The molecule has 0 aliphatic carbocycles. The van der Waals surface area contributed by atoms with Crippen molar-refractivity contribution in [3.05, 3.63) is 39.9 Å². The van der Waals surface area contributed by atoms with Gasteiger partial charge in [0, 0.05) is 18.2 Å². The Hall–Kier alpha value is -2.16. The largest absolute Gasteiger partial charge is 0.406 e. The first-order valence-corrected chi connectivity index (χ1v) is 7.38. The lowest BCUT2D eigenvalue weighted by Gasteiger charge is -2.27. The molecule has 1 heterocycles. The Morgan fingerprint density at radius 3 is 2.62 bits per heavy atom. The molecule has 0 aromatic heterocycles. The van der Waals surface area contributed by atoms with Crippen LogP contribution in [0.3, 0.4) is 0 Å². The maximum absolute atomic E-state index is 12.9. The van der Waals surface area contributed by atoms with E-state index in [1.54, 1.807) is 6.92 Å². The number of benzene rings is 1. The van der Waals surface area contributed by atoms with Crippen molar-refractivity contribution in [3.63, 3.8) is 0 Å². The van der Waals surface area contributed by atoms with Crippen molar-refractivity contribution in [3.8, 4) is 0 Å². The highest BCUT2D eigenvalue weighted by atomic mass is 19.4. The van der Waals surface area contributed by atoms with E-state index in [1.165, 1.54) is 24.3 Å². The van der Waals surface area contributed by atoms with Crippen LogP contribution in [0.15, 0.2) is 24.3 Å². The third-order valence-electron chi connectivity index (χ3n) is 3.92. The van der Waals surface area contributed by atoms with Gasteiger partial charge in [-0.2, -0.15) is 13.2 Å². The van der Waals surface area contributed by atoms with Crippen LogP contribution in [0, 0.1) is 16.0 Å². The van der Waals surface area contributed by atoms with Crippen LogP contribution in [0.5, 0.6) is 0 Å². The maximum Gasteiger partial charge on any atom is 0.406 e. The van der Waals surface area contributed by atoms with E-state index < -0.39 is 42.1 Å². The van der Waals surface area contributed by atoms with E-state index in [-0.39, 0.29) is 11.3 Å². The fourth-order valence-electron chi connectivity index (χ4n) is 2.75. The standard InChI is InChI=1S/C15H17F3N2O4/c1-10-12(6-7-24-10)14(21)19(9-15(16,17)18)8-11-4-2-3-5-13(11)20(22)23/h2-5,10,12H,6-9H2,1H3/t10-,12-/m1/s1. The average Bonchev–Trinajstić information content (AvgIpc) is 2.91. The monoisotopic (exact) mass is 346 g/mol. The van der Waals surface area contributed by atoms with Gasteiger partial charge < -0.3 is 9.64 Å². The van der Waals surface area contributed by atoms with Crippen molar-refractivity contribution in [2.24, 2.45) is 5.92 Å². The van der Waals surface area contributed by atoms with E-state index in [1.807, 2.05) is 0 Å². The number of ether oxygens (including phenoxy) is 1. The molecule has 0 unspecified atom stereocenters. The Morgan fingerprint density at radius 2 is 2.08 bits per heavy atom. The summed E-state index contributed by atoms with van der Waals surface area (Å²) in [4.78, 5) is 23.5. The molecule has 2 rings (SSSR count). The number of amides is 1. The molecule has 6 nitrogen and oxygen atoms in total. The fourth-order valence-corrected chi connectivity index (χ4v) is 2.75. The highest BCUT2D eigenvalue weighted by Crippen LogP contribution is 2.28. The second kappa shape index (κ2) is 7.16. The molecule has 0 radical (unpaired) electrons. The van der Waals surface area contributed by atoms with Crippen molar-refractivity contribution in [1.29, 1.82) is 0 Å². The number of hydrogen-bond acceptors (Lipinski definition) is 4. The number of nitro benzene ring substituents is 1. The zero-order chi connectivity index (χ0) is 17.9. The number of carbonyl (C=O) groups is 1. The van der Waals surface area contributed by atoms with Crippen LogP contribution < -0.4 is 0 Å². The number of para-hydroxylation sites is 1. The zero-order valence-corrected chi connectivity index (χ0v) is 13.0. The third-order valence-corrected chi connectivity index (χ3v) is 3.92. The summed E-state index contributed by atoms with van der Waals surface area (Å²) in [6.07, 6.45) is -4.73.